The zero-order chi connectivity index (χ0) is 14.1. The minimum absolute atomic E-state index is 0.137. The van der Waals surface area contributed by atoms with E-state index in [9.17, 15) is 9.59 Å². The van der Waals surface area contributed by atoms with Crippen LogP contribution in [-0.2, 0) is 9.53 Å². The Balaban J connectivity index is 4.28. The number of carbonyl (C=O) groups excluding carboxylic acids is 1. The first-order valence-corrected chi connectivity index (χ1v) is 6.15. The average molecular weight is 260 g/mol. The number of rotatable bonds is 8. The van der Waals surface area contributed by atoms with Crippen molar-refractivity contribution in [3.8, 4) is 0 Å². The largest absolute Gasteiger partial charge is 0.481 e. The highest BCUT2D eigenvalue weighted by molar-refractivity contribution is 5.75. The van der Waals surface area contributed by atoms with Crippen LogP contribution in [0.5, 0.6) is 0 Å². The summed E-state index contributed by atoms with van der Waals surface area (Å²) in [5.41, 5.74) is 0. The summed E-state index contributed by atoms with van der Waals surface area (Å²) in [5, 5.41) is 8.85. The predicted octanol–water partition coefficient (Wildman–Crippen LogP) is 1.12. The van der Waals surface area contributed by atoms with Crippen molar-refractivity contribution in [2.24, 2.45) is 5.92 Å². The molecule has 2 amide bonds. The Hall–Kier alpha value is -1.30. The van der Waals surface area contributed by atoms with E-state index in [4.69, 9.17) is 9.84 Å². The fourth-order valence-corrected chi connectivity index (χ4v) is 1.53. The van der Waals surface area contributed by atoms with Crippen LogP contribution >= 0.6 is 0 Å². The van der Waals surface area contributed by atoms with Gasteiger partial charge in [0.05, 0.1) is 5.92 Å². The SMILES string of the molecule is CCN(CC(C)C(=O)O)C(=O)N(C)CCCOC. The molecular formula is C12H24N2O4. The van der Waals surface area contributed by atoms with Crippen molar-refractivity contribution in [3.05, 3.63) is 0 Å². The first-order chi connectivity index (χ1) is 8.43. The number of amides is 2. The van der Waals surface area contributed by atoms with Gasteiger partial charge in [-0.1, -0.05) is 6.92 Å². The highest BCUT2D eigenvalue weighted by Crippen LogP contribution is 2.04. The van der Waals surface area contributed by atoms with Gasteiger partial charge >= 0.3 is 12.0 Å². The van der Waals surface area contributed by atoms with Gasteiger partial charge < -0.3 is 19.6 Å². The third-order valence-electron chi connectivity index (χ3n) is 2.74. The molecule has 0 aliphatic rings. The summed E-state index contributed by atoms with van der Waals surface area (Å²) < 4.78 is 4.93. The van der Waals surface area contributed by atoms with Crippen LogP contribution in [0.25, 0.3) is 0 Å². The Morgan fingerprint density at radius 3 is 2.44 bits per heavy atom. The van der Waals surface area contributed by atoms with E-state index in [1.165, 1.54) is 0 Å². The lowest BCUT2D eigenvalue weighted by molar-refractivity contribution is -0.141. The molecule has 0 spiro atoms. The quantitative estimate of drug-likeness (QED) is 0.664. The van der Waals surface area contributed by atoms with E-state index < -0.39 is 11.9 Å². The Labute approximate surface area is 109 Å². The van der Waals surface area contributed by atoms with Gasteiger partial charge in [-0.2, -0.15) is 0 Å². The summed E-state index contributed by atoms with van der Waals surface area (Å²) in [5.74, 6) is -1.44. The van der Waals surface area contributed by atoms with Gasteiger partial charge in [0.15, 0.2) is 0 Å². The lowest BCUT2D eigenvalue weighted by atomic mass is 10.2. The van der Waals surface area contributed by atoms with Gasteiger partial charge in [-0.25, -0.2) is 4.79 Å². The standard InChI is InChI=1S/C12H24N2O4/c1-5-14(9-10(2)11(15)16)12(17)13(3)7-6-8-18-4/h10H,5-9H2,1-4H3,(H,15,16). The second-order valence-corrected chi connectivity index (χ2v) is 4.33. The monoisotopic (exact) mass is 260 g/mol. The summed E-state index contributed by atoms with van der Waals surface area (Å²) >= 11 is 0. The van der Waals surface area contributed by atoms with Crippen LogP contribution in [0.15, 0.2) is 0 Å². The zero-order valence-electron chi connectivity index (χ0n) is 11.7. The molecule has 6 nitrogen and oxygen atoms in total. The van der Waals surface area contributed by atoms with Crippen molar-refractivity contribution in [3.63, 3.8) is 0 Å². The lowest BCUT2D eigenvalue weighted by Gasteiger charge is -2.28. The van der Waals surface area contributed by atoms with Gasteiger partial charge in [-0.05, 0) is 13.3 Å². The molecule has 1 atom stereocenters. The maximum Gasteiger partial charge on any atom is 0.319 e. The smallest absolute Gasteiger partial charge is 0.319 e. The second-order valence-electron chi connectivity index (χ2n) is 4.33. The summed E-state index contributed by atoms with van der Waals surface area (Å²) in [6.07, 6.45) is 0.769. The Kier molecular flexibility index (Phi) is 8.11. The van der Waals surface area contributed by atoms with Gasteiger partial charge in [0.1, 0.15) is 0 Å². The van der Waals surface area contributed by atoms with Crippen LogP contribution in [0.4, 0.5) is 4.79 Å². The first-order valence-electron chi connectivity index (χ1n) is 6.15. The highest BCUT2D eigenvalue weighted by Gasteiger charge is 2.21. The number of carbonyl (C=O) groups is 2. The maximum atomic E-state index is 12.0. The van der Waals surface area contributed by atoms with Crippen LogP contribution in [0.1, 0.15) is 20.3 Å². The van der Waals surface area contributed by atoms with Crippen LogP contribution in [-0.4, -0.2) is 67.3 Å². The minimum Gasteiger partial charge on any atom is -0.481 e. The van der Waals surface area contributed by atoms with Gasteiger partial charge in [-0.3, -0.25) is 4.79 Å². The molecule has 0 aromatic heterocycles. The van der Waals surface area contributed by atoms with Crippen molar-refractivity contribution in [2.45, 2.75) is 20.3 Å². The van der Waals surface area contributed by atoms with Gasteiger partial charge in [0.2, 0.25) is 0 Å². The molecule has 1 unspecified atom stereocenters. The first kappa shape index (κ1) is 16.7. The number of nitrogens with zero attached hydrogens (tertiary/aromatic N) is 2. The number of urea groups is 1. The fourth-order valence-electron chi connectivity index (χ4n) is 1.53. The Morgan fingerprint density at radius 2 is 2.00 bits per heavy atom. The molecular weight excluding hydrogens is 236 g/mol. The van der Waals surface area contributed by atoms with E-state index in [-0.39, 0.29) is 12.6 Å². The molecule has 0 fully saturated rings. The van der Waals surface area contributed by atoms with Crippen LogP contribution in [0.3, 0.4) is 0 Å². The molecule has 1 N–H and O–H groups in total. The number of hydrogen-bond donors (Lipinski definition) is 1. The highest BCUT2D eigenvalue weighted by atomic mass is 16.5. The molecule has 0 saturated carbocycles. The molecule has 0 aromatic carbocycles. The fraction of sp³-hybridized carbons (Fsp3) is 0.833. The molecule has 0 aromatic rings. The summed E-state index contributed by atoms with van der Waals surface area (Å²) in [7, 11) is 3.33. The lowest BCUT2D eigenvalue weighted by Crippen LogP contribution is -2.44. The second kappa shape index (κ2) is 8.74. The number of carboxylic acids is 1. The van der Waals surface area contributed by atoms with Gasteiger partial charge in [0, 0.05) is 40.4 Å². The van der Waals surface area contributed by atoms with Gasteiger partial charge in [0.25, 0.3) is 0 Å². The topological polar surface area (TPSA) is 70.1 Å². The van der Waals surface area contributed by atoms with Crippen molar-refractivity contribution in [2.75, 3.05) is 40.4 Å². The van der Waals surface area contributed by atoms with E-state index in [0.717, 1.165) is 6.42 Å². The van der Waals surface area contributed by atoms with E-state index in [1.54, 1.807) is 30.9 Å². The number of hydrogen-bond acceptors (Lipinski definition) is 3. The van der Waals surface area contributed by atoms with Crippen molar-refractivity contribution >= 4 is 12.0 Å². The molecule has 6 heteroatoms. The summed E-state index contributed by atoms with van der Waals surface area (Å²) in [4.78, 5) is 26.0. The molecule has 106 valence electrons. The molecule has 0 heterocycles. The molecule has 0 saturated heterocycles. The average Bonchev–Trinajstić information content (AvgIpc) is 2.34. The third kappa shape index (κ3) is 5.86. The van der Waals surface area contributed by atoms with E-state index in [2.05, 4.69) is 0 Å². The van der Waals surface area contributed by atoms with Crippen molar-refractivity contribution in [1.82, 2.24) is 9.80 Å². The van der Waals surface area contributed by atoms with Gasteiger partial charge in [-0.15, -0.1) is 0 Å². The molecule has 0 radical (unpaired) electrons. The zero-order valence-corrected chi connectivity index (χ0v) is 11.7. The van der Waals surface area contributed by atoms with E-state index in [1.807, 2.05) is 6.92 Å². The molecule has 0 bridgehead atoms. The molecule has 0 aliphatic carbocycles. The van der Waals surface area contributed by atoms with Crippen LogP contribution in [0.2, 0.25) is 0 Å². The number of carboxylic acid groups (broad SMARTS) is 1. The molecule has 0 rings (SSSR count). The summed E-state index contributed by atoms with van der Waals surface area (Å²) in [6, 6.07) is -0.137. The van der Waals surface area contributed by atoms with Crippen LogP contribution in [0, 0.1) is 5.92 Å². The van der Waals surface area contributed by atoms with Crippen molar-refractivity contribution in [1.29, 1.82) is 0 Å². The predicted molar refractivity (Wildman–Crippen MR) is 68.6 cm³/mol. The third-order valence-corrected chi connectivity index (χ3v) is 2.74. The number of methoxy groups -OCH3 is 1. The van der Waals surface area contributed by atoms with E-state index in [0.29, 0.717) is 19.7 Å². The summed E-state index contributed by atoms with van der Waals surface area (Å²) in [6.45, 7) is 5.39. The number of aliphatic carboxylic acids is 1. The van der Waals surface area contributed by atoms with E-state index >= 15 is 0 Å². The van der Waals surface area contributed by atoms with Crippen LogP contribution < -0.4 is 0 Å². The maximum absolute atomic E-state index is 12.0. The number of ether oxygens (including phenoxy) is 1. The molecule has 18 heavy (non-hydrogen) atoms. The van der Waals surface area contributed by atoms with Crippen molar-refractivity contribution < 1.29 is 19.4 Å². The normalized spacial score (nSPS) is 12.0. The molecule has 0 aliphatic heterocycles. The minimum atomic E-state index is -0.886. The Morgan fingerprint density at radius 1 is 1.39 bits per heavy atom. The Bertz CT molecular complexity index is 271.